The number of amides is 2. The van der Waals surface area contributed by atoms with Crippen molar-refractivity contribution in [1.82, 2.24) is 10.6 Å². The Kier molecular flexibility index (Phi) is 5.04. The van der Waals surface area contributed by atoms with Crippen molar-refractivity contribution in [3.05, 3.63) is 48.0 Å². The molecule has 1 atom stereocenters. The van der Waals surface area contributed by atoms with Gasteiger partial charge in [-0.3, -0.25) is 9.59 Å². The molecule has 2 amide bonds. The highest BCUT2D eigenvalue weighted by molar-refractivity contribution is 5.91. The molecule has 0 bridgehead atoms. The Hall–Kier alpha value is -2.40. The normalized spacial score (nSPS) is 16.2. The summed E-state index contributed by atoms with van der Waals surface area (Å²) in [6.45, 7) is 2.36. The lowest BCUT2D eigenvalue weighted by Gasteiger charge is -2.29. The van der Waals surface area contributed by atoms with Crippen LogP contribution in [0.25, 0.3) is 10.8 Å². The fraction of sp³-hybridized carbons (Fsp3) is 0.400. The molecule has 1 unspecified atom stereocenters. The number of nitrogens with two attached hydrogens (primary N) is 1. The molecule has 0 radical (unpaired) electrons. The topological polar surface area (TPSA) is 84.2 Å². The minimum absolute atomic E-state index is 0.0219. The quantitative estimate of drug-likeness (QED) is 0.718. The van der Waals surface area contributed by atoms with Crippen LogP contribution in [0.3, 0.4) is 0 Å². The third-order valence-electron chi connectivity index (χ3n) is 5.00. The predicted octanol–water partition coefficient (Wildman–Crippen LogP) is 1.74. The van der Waals surface area contributed by atoms with E-state index in [9.17, 15) is 9.59 Å². The first kappa shape index (κ1) is 17.4. The maximum atomic E-state index is 12.2. The van der Waals surface area contributed by atoms with Gasteiger partial charge in [-0.15, -0.1) is 0 Å². The molecule has 4 N–H and O–H groups in total. The van der Waals surface area contributed by atoms with Crippen LogP contribution >= 0.6 is 0 Å². The Morgan fingerprint density at radius 2 is 1.84 bits per heavy atom. The third-order valence-corrected chi connectivity index (χ3v) is 5.00. The van der Waals surface area contributed by atoms with Crippen molar-refractivity contribution >= 4 is 22.6 Å². The summed E-state index contributed by atoms with van der Waals surface area (Å²) in [6.07, 6.45) is 2.45. The van der Waals surface area contributed by atoms with E-state index in [-0.39, 0.29) is 30.3 Å². The average molecular weight is 339 g/mol. The molecular formula is C20H25N3O2. The number of rotatable bonds is 7. The summed E-state index contributed by atoms with van der Waals surface area (Å²) in [5.74, 6) is 0.103. The van der Waals surface area contributed by atoms with Gasteiger partial charge in [-0.1, -0.05) is 42.5 Å². The van der Waals surface area contributed by atoms with Gasteiger partial charge in [-0.05, 0) is 42.0 Å². The number of nitrogens with one attached hydrogen (secondary N) is 2. The number of hydrogen-bond acceptors (Lipinski definition) is 3. The molecule has 5 nitrogen and oxygen atoms in total. The second-order valence-corrected chi connectivity index (χ2v) is 7.04. The lowest BCUT2D eigenvalue weighted by molar-refractivity contribution is -0.126. The van der Waals surface area contributed by atoms with Crippen LogP contribution in [0.15, 0.2) is 42.5 Å². The molecule has 1 aliphatic carbocycles. The summed E-state index contributed by atoms with van der Waals surface area (Å²) in [6, 6.07) is 13.9. The predicted molar refractivity (Wildman–Crippen MR) is 99.0 cm³/mol. The molecule has 0 spiro atoms. The SMILES string of the molecule is CC(CN)(NC(=O)CNC(=O)Cc1cccc2ccccc12)C1CC1. The highest BCUT2D eigenvalue weighted by atomic mass is 16.2. The molecule has 0 heterocycles. The Labute approximate surface area is 148 Å². The van der Waals surface area contributed by atoms with Crippen LogP contribution < -0.4 is 16.4 Å². The molecular weight excluding hydrogens is 314 g/mol. The van der Waals surface area contributed by atoms with E-state index in [2.05, 4.69) is 10.6 Å². The maximum absolute atomic E-state index is 12.2. The van der Waals surface area contributed by atoms with Gasteiger partial charge in [0.15, 0.2) is 0 Å². The Bertz CT molecular complexity index is 780. The van der Waals surface area contributed by atoms with Crippen LogP contribution in [0.1, 0.15) is 25.3 Å². The second-order valence-electron chi connectivity index (χ2n) is 7.04. The molecule has 2 aromatic rings. The van der Waals surface area contributed by atoms with Gasteiger partial charge >= 0.3 is 0 Å². The summed E-state index contributed by atoms with van der Waals surface area (Å²) in [7, 11) is 0. The zero-order valence-corrected chi connectivity index (χ0v) is 14.5. The molecule has 0 saturated heterocycles. The molecule has 0 aliphatic heterocycles. The minimum atomic E-state index is -0.364. The fourth-order valence-electron chi connectivity index (χ4n) is 3.26. The van der Waals surface area contributed by atoms with Crippen molar-refractivity contribution in [1.29, 1.82) is 0 Å². The van der Waals surface area contributed by atoms with Crippen LogP contribution in [0, 0.1) is 5.92 Å². The van der Waals surface area contributed by atoms with Gasteiger partial charge < -0.3 is 16.4 Å². The minimum Gasteiger partial charge on any atom is -0.348 e. The van der Waals surface area contributed by atoms with Crippen molar-refractivity contribution in [3.63, 3.8) is 0 Å². The maximum Gasteiger partial charge on any atom is 0.239 e. The number of carbonyl (C=O) groups is 2. The highest BCUT2D eigenvalue weighted by Crippen LogP contribution is 2.38. The van der Waals surface area contributed by atoms with E-state index < -0.39 is 0 Å². The van der Waals surface area contributed by atoms with E-state index in [1.165, 1.54) is 0 Å². The van der Waals surface area contributed by atoms with Crippen LogP contribution in [-0.4, -0.2) is 30.4 Å². The van der Waals surface area contributed by atoms with Gasteiger partial charge in [-0.25, -0.2) is 0 Å². The van der Waals surface area contributed by atoms with Crippen molar-refractivity contribution in [2.24, 2.45) is 11.7 Å². The lowest BCUT2D eigenvalue weighted by Crippen LogP contribution is -2.55. The first-order valence-corrected chi connectivity index (χ1v) is 8.76. The van der Waals surface area contributed by atoms with E-state index in [0.29, 0.717) is 12.5 Å². The van der Waals surface area contributed by atoms with Crippen molar-refractivity contribution in [2.45, 2.75) is 31.7 Å². The molecule has 25 heavy (non-hydrogen) atoms. The lowest BCUT2D eigenvalue weighted by atomic mass is 9.96. The Morgan fingerprint density at radius 3 is 2.56 bits per heavy atom. The van der Waals surface area contributed by atoms with Crippen LogP contribution in [0.2, 0.25) is 0 Å². The second kappa shape index (κ2) is 7.23. The van der Waals surface area contributed by atoms with Gasteiger partial charge in [0.2, 0.25) is 11.8 Å². The molecule has 3 rings (SSSR count). The van der Waals surface area contributed by atoms with E-state index >= 15 is 0 Å². The number of benzene rings is 2. The first-order valence-electron chi connectivity index (χ1n) is 8.76. The van der Waals surface area contributed by atoms with Gasteiger partial charge in [0, 0.05) is 6.54 Å². The molecule has 5 heteroatoms. The summed E-state index contributed by atoms with van der Waals surface area (Å²) >= 11 is 0. The van der Waals surface area contributed by atoms with E-state index in [0.717, 1.165) is 29.2 Å². The smallest absolute Gasteiger partial charge is 0.239 e. The van der Waals surface area contributed by atoms with Crippen LogP contribution in [0.4, 0.5) is 0 Å². The van der Waals surface area contributed by atoms with Gasteiger partial charge in [-0.2, -0.15) is 0 Å². The zero-order valence-electron chi connectivity index (χ0n) is 14.5. The van der Waals surface area contributed by atoms with Gasteiger partial charge in [0.05, 0.1) is 18.5 Å². The monoisotopic (exact) mass is 339 g/mol. The zero-order chi connectivity index (χ0) is 17.9. The Morgan fingerprint density at radius 1 is 1.12 bits per heavy atom. The van der Waals surface area contributed by atoms with Crippen molar-refractivity contribution in [3.8, 4) is 0 Å². The summed E-state index contributed by atoms with van der Waals surface area (Å²) < 4.78 is 0. The molecule has 1 saturated carbocycles. The molecule has 1 fully saturated rings. The number of fused-ring (bicyclic) bond motifs is 1. The standard InChI is InChI=1S/C20H25N3O2/c1-20(13-21,16-9-10-16)23-19(25)12-22-18(24)11-15-7-4-6-14-5-2-3-8-17(14)15/h2-8,16H,9-13,21H2,1H3,(H,22,24)(H,23,25). The van der Waals surface area contributed by atoms with Crippen molar-refractivity contribution < 1.29 is 9.59 Å². The van der Waals surface area contributed by atoms with E-state index in [1.54, 1.807) is 0 Å². The highest BCUT2D eigenvalue weighted by Gasteiger charge is 2.41. The largest absolute Gasteiger partial charge is 0.348 e. The van der Waals surface area contributed by atoms with E-state index in [1.807, 2.05) is 49.4 Å². The van der Waals surface area contributed by atoms with Crippen LogP contribution in [0.5, 0.6) is 0 Å². The number of hydrogen-bond donors (Lipinski definition) is 3. The molecule has 1 aliphatic rings. The van der Waals surface area contributed by atoms with Crippen molar-refractivity contribution in [2.75, 3.05) is 13.1 Å². The number of carbonyl (C=O) groups excluding carboxylic acids is 2. The first-order chi connectivity index (χ1) is 12.0. The van der Waals surface area contributed by atoms with E-state index in [4.69, 9.17) is 5.73 Å². The molecule has 0 aromatic heterocycles. The van der Waals surface area contributed by atoms with Gasteiger partial charge in [0.25, 0.3) is 0 Å². The summed E-state index contributed by atoms with van der Waals surface area (Å²) in [5, 5.41) is 7.85. The molecule has 132 valence electrons. The van der Waals surface area contributed by atoms with Crippen LogP contribution in [-0.2, 0) is 16.0 Å². The summed E-state index contributed by atoms with van der Waals surface area (Å²) in [5.41, 5.74) is 6.40. The fourth-order valence-corrected chi connectivity index (χ4v) is 3.26. The Balaban J connectivity index is 1.55. The molecule has 2 aromatic carbocycles. The average Bonchev–Trinajstić information content (AvgIpc) is 3.46. The third kappa shape index (κ3) is 4.17. The summed E-state index contributed by atoms with van der Waals surface area (Å²) in [4.78, 5) is 24.4. The van der Waals surface area contributed by atoms with Gasteiger partial charge in [0.1, 0.15) is 0 Å².